The number of nitrogens with zero attached hydrogens (tertiary/aromatic N) is 1. The Bertz CT molecular complexity index is 296. The predicted molar refractivity (Wildman–Crippen MR) is 51.8 cm³/mol. The summed E-state index contributed by atoms with van der Waals surface area (Å²) in [4.78, 5) is 0. The third-order valence-corrected chi connectivity index (χ3v) is 2.87. The molecular weight excluding hydrogens is 221 g/mol. The summed E-state index contributed by atoms with van der Waals surface area (Å²) in [5.41, 5.74) is 0.989. The molecule has 1 nitrogen and oxygen atoms in total. The number of aromatic nitrogens is 1. The van der Waals surface area contributed by atoms with E-state index in [1.165, 1.54) is 4.57 Å². The Morgan fingerprint density at radius 1 is 1.42 bits per heavy atom. The molecule has 0 amide bonds. The van der Waals surface area contributed by atoms with E-state index in [1.807, 2.05) is 0 Å². The molecule has 3 heteroatoms. The van der Waals surface area contributed by atoms with Crippen molar-refractivity contribution in [3.05, 3.63) is 22.2 Å². The first-order chi connectivity index (χ1) is 5.34. The molecule has 0 atom stereocenters. The van der Waals surface area contributed by atoms with Crippen LogP contribution in [0.15, 0.2) is 10.7 Å². The Morgan fingerprint density at radius 3 is 2.08 bits per heavy atom. The topological polar surface area (TPSA) is 4.93 Å². The smallest absolute Gasteiger partial charge is 0.194 e. The molecule has 0 bridgehead atoms. The van der Waals surface area contributed by atoms with Crippen molar-refractivity contribution in [3.63, 3.8) is 0 Å². The van der Waals surface area contributed by atoms with E-state index in [4.69, 9.17) is 0 Å². The third kappa shape index (κ3) is 1.56. The molecule has 1 aromatic heterocycles. The maximum absolute atomic E-state index is 13.1. The van der Waals surface area contributed by atoms with E-state index in [2.05, 4.69) is 36.7 Å². The molecule has 1 aromatic rings. The molecular formula is C9H13BrFN. The summed E-state index contributed by atoms with van der Waals surface area (Å²) >= 11 is 3.36. The number of rotatable bonds is 0. The predicted octanol–water partition coefficient (Wildman–Crippen LogP) is 3.22. The van der Waals surface area contributed by atoms with Crippen molar-refractivity contribution in [1.82, 2.24) is 4.57 Å². The minimum atomic E-state index is -0.202. The van der Waals surface area contributed by atoms with Crippen LogP contribution in [-0.4, -0.2) is 4.57 Å². The van der Waals surface area contributed by atoms with Crippen LogP contribution in [0.5, 0.6) is 0 Å². The first kappa shape index (κ1) is 9.78. The van der Waals surface area contributed by atoms with Gasteiger partial charge >= 0.3 is 0 Å². The first-order valence-electron chi connectivity index (χ1n) is 3.85. The van der Waals surface area contributed by atoms with Crippen molar-refractivity contribution in [1.29, 1.82) is 0 Å². The summed E-state index contributed by atoms with van der Waals surface area (Å²) in [6, 6.07) is 1.57. The van der Waals surface area contributed by atoms with Gasteiger partial charge < -0.3 is 4.57 Å². The van der Waals surface area contributed by atoms with E-state index in [9.17, 15) is 4.39 Å². The van der Waals surface area contributed by atoms with Crippen molar-refractivity contribution in [3.8, 4) is 0 Å². The van der Waals surface area contributed by atoms with Gasteiger partial charge in [0.25, 0.3) is 0 Å². The van der Waals surface area contributed by atoms with Crippen LogP contribution in [0.4, 0.5) is 4.39 Å². The first-order valence-corrected chi connectivity index (χ1v) is 4.64. The SMILES string of the molecule is Cn1c(F)cc(C(C)(C)C)c1Br. The van der Waals surface area contributed by atoms with E-state index in [-0.39, 0.29) is 11.4 Å². The number of hydrogen-bond donors (Lipinski definition) is 0. The molecule has 12 heavy (non-hydrogen) atoms. The van der Waals surface area contributed by atoms with Gasteiger partial charge in [0.05, 0.1) is 4.60 Å². The molecule has 0 aliphatic rings. The molecule has 0 unspecified atom stereocenters. The maximum atomic E-state index is 13.1. The van der Waals surface area contributed by atoms with Crippen molar-refractivity contribution in [2.24, 2.45) is 7.05 Å². The van der Waals surface area contributed by atoms with E-state index >= 15 is 0 Å². The van der Waals surface area contributed by atoms with E-state index < -0.39 is 0 Å². The second-order valence-corrected chi connectivity index (χ2v) is 4.73. The van der Waals surface area contributed by atoms with Crippen LogP contribution in [0, 0.1) is 5.95 Å². The van der Waals surface area contributed by atoms with Gasteiger partial charge in [-0.1, -0.05) is 20.8 Å². The van der Waals surface area contributed by atoms with E-state index in [0.717, 1.165) is 10.2 Å². The average Bonchev–Trinajstić information content (AvgIpc) is 2.15. The van der Waals surface area contributed by atoms with Gasteiger partial charge in [-0.3, -0.25) is 0 Å². The molecule has 0 aromatic carbocycles. The van der Waals surface area contributed by atoms with Crippen LogP contribution in [0.1, 0.15) is 26.3 Å². The molecule has 0 N–H and O–H groups in total. The Hall–Kier alpha value is -0.310. The third-order valence-electron chi connectivity index (χ3n) is 1.91. The molecule has 1 rings (SSSR count). The van der Waals surface area contributed by atoms with E-state index in [1.54, 1.807) is 13.1 Å². The molecule has 1 heterocycles. The Kier molecular flexibility index (Phi) is 2.34. The van der Waals surface area contributed by atoms with Crippen molar-refractivity contribution in [2.75, 3.05) is 0 Å². The van der Waals surface area contributed by atoms with Gasteiger partial charge in [0.2, 0.25) is 0 Å². The second kappa shape index (κ2) is 2.87. The van der Waals surface area contributed by atoms with Crippen LogP contribution in [0.3, 0.4) is 0 Å². The van der Waals surface area contributed by atoms with Crippen molar-refractivity contribution >= 4 is 15.9 Å². The molecule has 0 spiro atoms. The highest BCUT2D eigenvalue weighted by Gasteiger charge is 2.21. The lowest BCUT2D eigenvalue weighted by Crippen LogP contribution is -2.10. The second-order valence-electron chi connectivity index (χ2n) is 3.98. The lowest BCUT2D eigenvalue weighted by Gasteiger charge is -2.17. The largest absolute Gasteiger partial charge is 0.315 e. The molecule has 0 radical (unpaired) electrons. The lowest BCUT2D eigenvalue weighted by atomic mass is 9.89. The fraction of sp³-hybridized carbons (Fsp3) is 0.556. The van der Waals surface area contributed by atoms with Gasteiger partial charge in [0, 0.05) is 7.05 Å². The molecule has 68 valence electrons. The zero-order valence-electron chi connectivity index (χ0n) is 7.78. The van der Waals surface area contributed by atoms with Gasteiger partial charge in [-0.25, -0.2) is 0 Å². The van der Waals surface area contributed by atoms with Gasteiger partial charge in [-0.15, -0.1) is 0 Å². The average molecular weight is 234 g/mol. The summed E-state index contributed by atoms with van der Waals surface area (Å²) in [7, 11) is 1.70. The summed E-state index contributed by atoms with van der Waals surface area (Å²) in [6.45, 7) is 6.19. The summed E-state index contributed by atoms with van der Waals surface area (Å²) in [5.74, 6) is -0.202. The Morgan fingerprint density at radius 2 is 1.92 bits per heavy atom. The Balaban J connectivity index is 3.28. The highest BCUT2D eigenvalue weighted by molar-refractivity contribution is 9.10. The van der Waals surface area contributed by atoms with Crippen molar-refractivity contribution in [2.45, 2.75) is 26.2 Å². The molecule has 0 aliphatic heterocycles. The van der Waals surface area contributed by atoms with Gasteiger partial charge in [-0.2, -0.15) is 4.39 Å². The summed E-state index contributed by atoms with van der Waals surface area (Å²) < 4.78 is 15.4. The normalized spacial score (nSPS) is 12.2. The number of hydrogen-bond acceptors (Lipinski definition) is 0. The van der Waals surface area contributed by atoms with Crippen molar-refractivity contribution < 1.29 is 4.39 Å². The van der Waals surface area contributed by atoms with Crippen LogP contribution in [-0.2, 0) is 12.5 Å². The van der Waals surface area contributed by atoms with Gasteiger partial charge in [0.1, 0.15) is 0 Å². The highest BCUT2D eigenvalue weighted by Crippen LogP contribution is 2.31. The quantitative estimate of drug-likeness (QED) is 0.649. The van der Waals surface area contributed by atoms with Gasteiger partial charge in [0.15, 0.2) is 5.95 Å². The number of halogens is 2. The lowest BCUT2D eigenvalue weighted by molar-refractivity contribution is 0.531. The summed E-state index contributed by atoms with van der Waals surface area (Å²) in [5, 5.41) is 0. The summed E-state index contributed by atoms with van der Waals surface area (Å²) in [6.07, 6.45) is 0. The standard InChI is InChI=1S/C9H13BrFN/c1-9(2,3)6-5-7(11)12(4)8(6)10/h5H,1-4H3. The molecule has 0 fully saturated rings. The van der Waals surface area contributed by atoms with Crippen LogP contribution in [0.2, 0.25) is 0 Å². The monoisotopic (exact) mass is 233 g/mol. The van der Waals surface area contributed by atoms with Crippen LogP contribution in [0.25, 0.3) is 0 Å². The van der Waals surface area contributed by atoms with Gasteiger partial charge in [-0.05, 0) is 33.0 Å². The molecule has 0 saturated carbocycles. The van der Waals surface area contributed by atoms with Crippen LogP contribution < -0.4 is 0 Å². The molecule has 0 aliphatic carbocycles. The highest BCUT2D eigenvalue weighted by atomic mass is 79.9. The maximum Gasteiger partial charge on any atom is 0.194 e. The molecule has 0 saturated heterocycles. The Labute approximate surface area is 80.7 Å². The minimum absolute atomic E-state index is 0.0130. The van der Waals surface area contributed by atoms with Crippen LogP contribution >= 0.6 is 15.9 Å². The fourth-order valence-corrected chi connectivity index (χ4v) is 1.95. The fourth-order valence-electron chi connectivity index (χ4n) is 1.08. The zero-order valence-corrected chi connectivity index (χ0v) is 9.37. The zero-order chi connectivity index (χ0) is 9.52. The van der Waals surface area contributed by atoms with E-state index in [0.29, 0.717) is 0 Å². The minimum Gasteiger partial charge on any atom is -0.315 e.